The molecule has 37 heavy (non-hydrogen) atoms. The van der Waals surface area contributed by atoms with E-state index in [4.69, 9.17) is 27.9 Å². The van der Waals surface area contributed by atoms with Crippen LogP contribution in [0, 0.1) is 0 Å². The number of H-pyrrole nitrogens is 1. The lowest BCUT2D eigenvalue weighted by Crippen LogP contribution is -2.33. The van der Waals surface area contributed by atoms with E-state index in [1.807, 2.05) is 12.1 Å². The number of carbonyl (C=O) groups excluding carboxylic acids is 1. The Kier molecular flexibility index (Phi) is 6.75. The number of halogens is 2. The van der Waals surface area contributed by atoms with Gasteiger partial charge in [0.1, 0.15) is 12.4 Å². The number of nitrogens with zero attached hydrogens (tertiary/aromatic N) is 1. The van der Waals surface area contributed by atoms with Crippen LogP contribution < -0.4 is 20.5 Å². The number of anilines is 2. The Hall–Kier alpha value is -3.68. The third kappa shape index (κ3) is 4.61. The SMILES string of the molecule is CC1CCc2cccc(OCc3c(Cl)ccc(NC(=O)c4[nH]c(=O)c5ccccc5c4O)c3Cl)c2N1C. The van der Waals surface area contributed by atoms with Crippen molar-refractivity contribution in [1.29, 1.82) is 0 Å². The van der Waals surface area contributed by atoms with Gasteiger partial charge in [-0.05, 0) is 49.6 Å². The molecule has 0 saturated carbocycles. The van der Waals surface area contributed by atoms with Crippen LogP contribution in [0.15, 0.2) is 59.4 Å². The Balaban J connectivity index is 1.42. The van der Waals surface area contributed by atoms with Crippen molar-refractivity contribution in [3.63, 3.8) is 0 Å². The lowest BCUT2D eigenvalue weighted by Gasteiger charge is -2.35. The van der Waals surface area contributed by atoms with Crippen LogP contribution in [-0.4, -0.2) is 29.1 Å². The van der Waals surface area contributed by atoms with Gasteiger partial charge >= 0.3 is 0 Å². The molecule has 0 saturated heterocycles. The molecule has 1 aromatic heterocycles. The molecule has 190 valence electrons. The molecule has 1 unspecified atom stereocenters. The van der Waals surface area contributed by atoms with Crippen LogP contribution in [-0.2, 0) is 13.0 Å². The topological polar surface area (TPSA) is 94.7 Å². The van der Waals surface area contributed by atoms with Crippen LogP contribution in [0.1, 0.15) is 35.0 Å². The van der Waals surface area contributed by atoms with E-state index in [1.165, 1.54) is 5.56 Å². The second-order valence-corrected chi connectivity index (χ2v) is 9.90. The Morgan fingerprint density at radius 2 is 1.89 bits per heavy atom. The number of nitrogens with one attached hydrogen (secondary N) is 2. The van der Waals surface area contributed by atoms with Gasteiger partial charge < -0.3 is 25.0 Å². The predicted molar refractivity (Wildman–Crippen MR) is 148 cm³/mol. The number of hydrogen-bond acceptors (Lipinski definition) is 5. The molecule has 3 aromatic carbocycles. The standard InChI is InChI=1S/C28H25Cl2N3O4/c1-15-10-11-16-6-5-9-22(25(16)33(15)2)37-14-19-20(29)12-13-21(23(19)30)31-28(36)24-26(34)17-7-3-4-8-18(17)27(35)32-24/h3-9,12-13,15,34H,10-11,14H2,1-2H3,(H,31,36)(H,32,35). The van der Waals surface area contributed by atoms with Crippen LogP contribution in [0.4, 0.5) is 11.4 Å². The van der Waals surface area contributed by atoms with Gasteiger partial charge in [-0.3, -0.25) is 9.59 Å². The molecule has 1 aliphatic rings. The highest BCUT2D eigenvalue weighted by Crippen LogP contribution is 2.39. The number of para-hydroxylation sites is 1. The highest BCUT2D eigenvalue weighted by molar-refractivity contribution is 6.38. The van der Waals surface area contributed by atoms with Gasteiger partial charge in [-0.2, -0.15) is 0 Å². The third-order valence-corrected chi connectivity index (χ3v) is 7.65. The van der Waals surface area contributed by atoms with Crippen molar-refractivity contribution in [3.8, 4) is 11.5 Å². The van der Waals surface area contributed by atoms with Gasteiger partial charge in [-0.1, -0.05) is 53.5 Å². The molecule has 2 heterocycles. The number of fused-ring (bicyclic) bond motifs is 2. The summed E-state index contributed by atoms with van der Waals surface area (Å²) in [7, 11) is 2.05. The predicted octanol–water partition coefficient (Wildman–Crippen LogP) is 6.14. The van der Waals surface area contributed by atoms with E-state index in [-0.39, 0.29) is 39.5 Å². The average molecular weight is 538 g/mol. The Morgan fingerprint density at radius 3 is 2.68 bits per heavy atom. The van der Waals surface area contributed by atoms with E-state index in [9.17, 15) is 14.7 Å². The van der Waals surface area contributed by atoms with Gasteiger partial charge in [-0.15, -0.1) is 0 Å². The molecule has 0 bridgehead atoms. The van der Waals surface area contributed by atoms with Crippen molar-refractivity contribution in [2.24, 2.45) is 0 Å². The fraction of sp³-hybridized carbons (Fsp3) is 0.214. The average Bonchev–Trinajstić information content (AvgIpc) is 2.90. The quantitative estimate of drug-likeness (QED) is 0.284. The van der Waals surface area contributed by atoms with Crippen LogP contribution in [0.3, 0.4) is 0 Å². The minimum Gasteiger partial charge on any atom is -0.505 e. The van der Waals surface area contributed by atoms with Crippen LogP contribution >= 0.6 is 23.2 Å². The number of carbonyl (C=O) groups is 1. The second kappa shape index (κ2) is 10.00. The first kappa shape index (κ1) is 25.0. The molecule has 1 aliphatic heterocycles. The summed E-state index contributed by atoms with van der Waals surface area (Å²) in [4.78, 5) is 30.1. The smallest absolute Gasteiger partial charge is 0.276 e. The van der Waals surface area contributed by atoms with Gasteiger partial charge in [0, 0.05) is 29.1 Å². The number of hydrogen-bond donors (Lipinski definition) is 3. The van der Waals surface area contributed by atoms with Crippen LogP contribution in [0.25, 0.3) is 10.8 Å². The molecule has 0 spiro atoms. The van der Waals surface area contributed by atoms with Crippen molar-refractivity contribution in [3.05, 3.63) is 91.8 Å². The maximum Gasteiger partial charge on any atom is 0.276 e. The monoisotopic (exact) mass is 537 g/mol. The first-order valence-corrected chi connectivity index (χ1v) is 12.6. The molecule has 1 amide bonds. The molecular weight excluding hydrogens is 513 g/mol. The summed E-state index contributed by atoms with van der Waals surface area (Å²) in [6.07, 6.45) is 2.05. The first-order chi connectivity index (χ1) is 17.8. The summed E-state index contributed by atoms with van der Waals surface area (Å²) in [6, 6.07) is 16.0. The van der Waals surface area contributed by atoms with Crippen LogP contribution in [0.2, 0.25) is 10.0 Å². The van der Waals surface area contributed by atoms with Crippen LogP contribution in [0.5, 0.6) is 11.5 Å². The zero-order valence-electron chi connectivity index (χ0n) is 20.3. The second-order valence-electron chi connectivity index (χ2n) is 9.12. The van der Waals surface area contributed by atoms with E-state index in [2.05, 4.69) is 35.2 Å². The van der Waals surface area contributed by atoms with E-state index in [1.54, 1.807) is 36.4 Å². The lowest BCUT2D eigenvalue weighted by molar-refractivity contribution is 0.101. The summed E-state index contributed by atoms with van der Waals surface area (Å²) in [5, 5.41) is 14.4. The number of benzene rings is 3. The van der Waals surface area contributed by atoms with E-state index < -0.39 is 11.5 Å². The largest absolute Gasteiger partial charge is 0.505 e. The first-order valence-electron chi connectivity index (χ1n) is 11.9. The van der Waals surface area contributed by atoms with Gasteiger partial charge in [0.15, 0.2) is 11.4 Å². The molecule has 7 nitrogen and oxygen atoms in total. The zero-order valence-corrected chi connectivity index (χ0v) is 21.8. The van der Waals surface area contributed by atoms with Gasteiger partial charge in [0.05, 0.1) is 21.8 Å². The molecule has 0 aliphatic carbocycles. The Bertz CT molecular complexity index is 1580. The minimum absolute atomic E-state index is 0.0815. The lowest BCUT2D eigenvalue weighted by atomic mass is 9.97. The summed E-state index contributed by atoms with van der Waals surface area (Å²) in [5.41, 5.74) is 2.29. The molecule has 5 rings (SSSR count). The zero-order chi connectivity index (χ0) is 26.3. The van der Waals surface area contributed by atoms with Gasteiger partial charge in [-0.25, -0.2) is 0 Å². The minimum atomic E-state index is -0.718. The summed E-state index contributed by atoms with van der Waals surface area (Å²) in [5.74, 6) is -0.315. The summed E-state index contributed by atoms with van der Waals surface area (Å²) in [6.45, 7) is 2.26. The van der Waals surface area contributed by atoms with E-state index in [0.29, 0.717) is 16.6 Å². The number of rotatable bonds is 5. The molecule has 1 atom stereocenters. The Labute approximate surface area is 223 Å². The normalized spacial score (nSPS) is 14.9. The maximum atomic E-state index is 13.0. The number of aromatic hydroxyl groups is 1. The molecule has 9 heteroatoms. The van der Waals surface area contributed by atoms with Gasteiger partial charge in [0.25, 0.3) is 11.5 Å². The fourth-order valence-electron chi connectivity index (χ4n) is 4.65. The van der Waals surface area contributed by atoms with Gasteiger partial charge in [0.2, 0.25) is 0 Å². The fourth-order valence-corrected chi connectivity index (χ4v) is 5.18. The number of aromatic nitrogens is 1. The van der Waals surface area contributed by atoms with Crippen molar-refractivity contribution in [2.45, 2.75) is 32.4 Å². The van der Waals surface area contributed by atoms with Crippen molar-refractivity contribution < 1.29 is 14.6 Å². The number of aromatic amines is 1. The van der Waals surface area contributed by atoms with E-state index in [0.717, 1.165) is 24.3 Å². The molecule has 0 fully saturated rings. The molecule has 0 radical (unpaired) electrons. The number of ether oxygens (including phenoxy) is 1. The highest BCUT2D eigenvalue weighted by atomic mass is 35.5. The van der Waals surface area contributed by atoms with Crippen molar-refractivity contribution >= 4 is 51.3 Å². The number of pyridine rings is 1. The van der Waals surface area contributed by atoms with Crippen molar-refractivity contribution in [2.75, 3.05) is 17.3 Å². The molecular formula is C28H25Cl2N3O4. The van der Waals surface area contributed by atoms with Crippen molar-refractivity contribution in [1.82, 2.24) is 4.98 Å². The molecule has 3 N–H and O–H groups in total. The molecule has 4 aromatic rings. The highest BCUT2D eigenvalue weighted by Gasteiger charge is 2.24. The summed E-state index contributed by atoms with van der Waals surface area (Å²) < 4.78 is 6.19. The number of amides is 1. The Morgan fingerprint density at radius 1 is 1.14 bits per heavy atom. The third-order valence-electron chi connectivity index (χ3n) is 6.86. The summed E-state index contributed by atoms with van der Waals surface area (Å²) >= 11 is 13.1. The van der Waals surface area contributed by atoms with E-state index >= 15 is 0 Å². The number of aryl methyl sites for hydroxylation is 1. The maximum absolute atomic E-state index is 13.0.